The van der Waals surface area contributed by atoms with Crippen LogP contribution in [-0.2, 0) is 0 Å². The minimum Gasteiger partial charge on any atom is -0.149 e. The Morgan fingerprint density at radius 2 is 0.390 bits per heavy atom. The van der Waals surface area contributed by atoms with Gasteiger partial charge in [-0.05, 0) is 36.3 Å². The van der Waals surface area contributed by atoms with Crippen LogP contribution in [0.25, 0.3) is 0 Å². The van der Waals surface area contributed by atoms with Crippen LogP contribution in [0.5, 0.6) is 0 Å². The van der Waals surface area contributed by atoms with Gasteiger partial charge in [-0.25, -0.2) is 0 Å². The highest BCUT2D eigenvalue weighted by atomic mass is 35.6. The molecule has 0 saturated heterocycles. The average molecular weight is 987 g/mol. The zero-order chi connectivity index (χ0) is 46.8. The Morgan fingerprint density at radius 3 is 0.508 bits per heavy atom. The molecule has 0 amide bonds. The van der Waals surface area contributed by atoms with Gasteiger partial charge in [-0.15, -0.1) is 11.1 Å². The van der Waals surface area contributed by atoms with Crippen molar-refractivity contribution in [1.82, 2.24) is 0 Å². The molecule has 0 unspecified atom stereocenters. The third kappa shape index (κ3) is 10.5. The van der Waals surface area contributed by atoms with Crippen molar-refractivity contribution in [2.24, 2.45) is 0 Å². The molecule has 0 atom stereocenters. The molecule has 59 heavy (non-hydrogen) atoms. The highest BCUT2D eigenvalue weighted by Crippen LogP contribution is 2.24. The van der Waals surface area contributed by atoms with E-state index in [1.165, 1.54) is 15.6 Å². The fourth-order valence-corrected chi connectivity index (χ4v) is 47.3. The third-order valence-corrected chi connectivity index (χ3v) is 38.4. The maximum absolute atomic E-state index is 9.53. The molecule has 0 spiro atoms. The number of benzene rings is 3. The van der Waals surface area contributed by atoms with Gasteiger partial charge in [-0.2, -0.15) is 0 Å². The summed E-state index contributed by atoms with van der Waals surface area (Å²) >= 11 is 9.53. The van der Waals surface area contributed by atoms with E-state index < -0.39 is 80.0 Å². The van der Waals surface area contributed by atoms with Crippen molar-refractivity contribution < 1.29 is 0 Å². The predicted molar refractivity (Wildman–Crippen MR) is 311 cm³/mol. The Morgan fingerprint density at radius 1 is 0.237 bits per heavy atom. The number of halogens is 1. The largest absolute Gasteiger partial charge is 0.248 e. The first-order chi connectivity index (χ1) is 25.6. The molecule has 0 fully saturated rings. The van der Waals surface area contributed by atoms with E-state index in [0.29, 0.717) is 0 Å². The molecule has 0 aromatic heterocycles. The molecule has 0 nitrogen and oxygen atoms in total. The highest BCUT2D eigenvalue weighted by Gasteiger charge is 2.50. The average Bonchev–Trinajstić information content (AvgIpc) is 2.94. The highest BCUT2D eigenvalue weighted by molar-refractivity contribution is 7.41. The fourth-order valence-electron chi connectivity index (χ4n) is 10.8. The van der Waals surface area contributed by atoms with Gasteiger partial charge in [0.2, 0.25) is 7.38 Å². The second-order valence-corrected chi connectivity index (χ2v) is 77.7. The summed E-state index contributed by atoms with van der Waals surface area (Å²) in [6.07, 6.45) is 0. The molecular formula is C48H93ClSi10. The minimum absolute atomic E-state index is 1.54. The van der Waals surface area contributed by atoms with Crippen LogP contribution in [0.15, 0.2) is 18.2 Å². The van der Waals surface area contributed by atoms with Crippen LogP contribution in [0.2, 0.25) is 177 Å². The van der Waals surface area contributed by atoms with Gasteiger partial charge in [0.15, 0.2) is 0 Å². The normalized spacial score (nSPS) is 14.7. The van der Waals surface area contributed by atoms with Gasteiger partial charge in [0.25, 0.3) is 0 Å². The summed E-state index contributed by atoms with van der Waals surface area (Å²) < 4.78 is 0. The quantitative estimate of drug-likeness (QED) is 0.0969. The van der Waals surface area contributed by atoms with Crippen LogP contribution in [-0.4, -0.2) is 80.0 Å². The molecule has 332 valence electrons. The van der Waals surface area contributed by atoms with Crippen LogP contribution in [0.4, 0.5) is 0 Å². The summed E-state index contributed by atoms with van der Waals surface area (Å²) in [5, 5.41) is 20.4. The third-order valence-electron chi connectivity index (χ3n) is 12.8. The molecule has 0 aliphatic heterocycles. The second kappa shape index (κ2) is 16.2. The standard InChI is InChI=1S/C48H93ClSi10/c1-34-37(31-40(50(4,5)6)46(56(22,23)24)43(34)53(13,14)15)59(49,38-32-41(51(7,8)9)47(57(25,26)27)44(35(38)2)54(16,17)18)39-33-42(52(10,11)12)48(58(28,29)30)45(36(39)3)55(19,20)21/h31-33H,1-30H3. The van der Waals surface area contributed by atoms with E-state index in [9.17, 15) is 11.1 Å². The topological polar surface area (TPSA) is 0 Å². The first kappa shape index (κ1) is 53.5. The van der Waals surface area contributed by atoms with Crippen molar-refractivity contribution in [3.8, 4) is 0 Å². The molecule has 3 rings (SSSR count). The van der Waals surface area contributed by atoms with Crippen LogP contribution in [0.3, 0.4) is 0 Å². The Kier molecular flexibility index (Phi) is 14.7. The maximum Gasteiger partial charge on any atom is 0.248 e. The van der Waals surface area contributed by atoms with Crippen molar-refractivity contribution in [3.63, 3.8) is 0 Å². The van der Waals surface area contributed by atoms with Gasteiger partial charge in [0.1, 0.15) is 0 Å². The molecule has 0 N–H and O–H groups in total. The summed E-state index contributed by atoms with van der Waals surface area (Å²) in [4.78, 5) is 0. The molecule has 0 heterocycles. The van der Waals surface area contributed by atoms with Crippen LogP contribution < -0.4 is 62.2 Å². The number of hydrogen-bond acceptors (Lipinski definition) is 0. The zero-order valence-electron chi connectivity index (χ0n) is 44.6. The Labute approximate surface area is 382 Å². The lowest BCUT2D eigenvalue weighted by molar-refractivity contribution is 1.49. The lowest BCUT2D eigenvalue weighted by Crippen LogP contribution is -2.77. The first-order valence-electron chi connectivity index (χ1n) is 22.9. The monoisotopic (exact) mass is 984 g/mol. The van der Waals surface area contributed by atoms with E-state index in [2.05, 4.69) is 216 Å². The second-order valence-electron chi connectivity index (χ2n) is 27.9. The van der Waals surface area contributed by atoms with E-state index in [1.54, 1.807) is 63.4 Å². The van der Waals surface area contributed by atoms with Gasteiger partial charge in [0, 0.05) is 0 Å². The van der Waals surface area contributed by atoms with Gasteiger partial charge in [0.05, 0.1) is 72.7 Å². The molecule has 0 saturated carbocycles. The van der Waals surface area contributed by atoms with Crippen LogP contribution >= 0.6 is 11.1 Å². The molecule has 0 aliphatic rings. The Hall–Kier alpha value is 0.119. The van der Waals surface area contributed by atoms with Crippen molar-refractivity contribution >= 4 is 153 Å². The Bertz CT molecular complexity index is 1860. The summed E-state index contributed by atoms with van der Waals surface area (Å²) in [5.41, 5.74) is 4.67. The van der Waals surface area contributed by atoms with Gasteiger partial charge < -0.3 is 0 Å². The van der Waals surface area contributed by atoms with Gasteiger partial charge in [-0.1, -0.05) is 258 Å². The first-order valence-corrected chi connectivity index (χ1v) is 57.4. The lowest BCUT2D eigenvalue weighted by atomic mass is 10.2. The van der Waals surface area contributed by atoms with E-state index in [-0.39, 0.29) is 0 Å². The van der Waals surface area contributed by atoms with Gasteiger partial charge >= 0.3 is 0 Å². The summed E-state index contributed by atoms with van der Waals surface area (Å²) in [7, 11) is -19.6. The lowest BCUT2D eigenvalue weighted by Gasteiger charge is -2.44. The zero-order valence-corrected chi connectivity index (χ0v) is 55.4. The van der Waals surface area contributed by atoms with E-state index in [0.717, 1.165) is 0 Å². The predicted octanol–water partition coefficient (Wildman–Crippen LogP) is 8.72. The van der Waals surface area contributed by atoms with Crippen LogP contribution in [0, 0.1) is 20.8 Å². The smallest absolute Gasteiger partial charge is 0.149 e. The fraction of sp³-hybridized carbons (Fsp3) is 0.625. The van der Waals surface area contributed by atoms with Crippen molar-refractivity contribution in [2.45, 2.75) is 198 Å². The molecule has 0 aliphatic carbocycles. The molecular weight excluding hydrogens is 893 g/mol. The molecule has 0 bridgehead atoms. The Balaban J connectivity index is 3.18. The summed E-state index contributed by atoms with van der Waals surface area (Å²) in [6, 6.07) is 8.46. The molecule has 11 heteroatoms. The number of hydrogen-bond donors (Lipinski definition) is 0. The van der Waals surface area contributed by atoms with Crippen LogP contribution in [0.1, 0.15) is 16.7 Å². The van der Waals surface area contributed by atoms with Crippen molar-refractivity contribution in [2.75, 3.05) is 0 Å². The van der Waals surface area contributed by atoms with Crippen molar-refractivity contribution in [3.05, 3.63) is 34.9 Å². The van der Waals surface area contributed by atoms with E-state index >= 15 is 0 Å². The minimum atomic E-state index is -3.27. The van der Waals surface area contributed by atoms with E-state index in [4.69, 9.17) is 0 Å². The molecule has 0 radical (unpaired) electrons. The van der Waals surface area contributed by atoms with E-state index in [1.807, 2.05) is 0 Å². The summed E-state index contributed by atoms with van der Waals surface area (Å²) in [5.74, 6) is 0. The number of rotatable bonds is 12. The molecule has 3 aromatic carbocycles. The van der Waals surface area contributed by atoms with Gasteiger partial charge in [-0.3, -0.25) is 0 Å². The SMILES string of the molecule is Cc1c([Si](Cl)(c2cc([Si](C)(C)C)c([Si](C)(C)C)c([Si](C)(C)C)c2C)c2cc([Si](C)(C)C)c([Si](C)(C)C)c([Si](C)(C)C)c2C)cc([Si](C)(C)C)c([Si](C)(C)C)c1[Si](C)(C)C. The maximum atomic E-state index is 9.53. The summed E-state index contributed by atoms with van der Waals surface area (Å²) in [6.45, 7) is 78.6. The van der Waals surface area contributed by atoms with Crippen molar-refractivity contribution in [1.29, 1.82) is 0 Å². The molecule has 3 aromatic rings.